The maximum Gasteiger partial charge on any atom is 0.330 e. The van der Waals surface area contributed by atoms with E-state index in [2.05, 4.69) is 18.8 Å². The van der Waals surface area contributed by atoms with E-state index in [1.807, 2.05) is 42.2 Å². The van der Waals surface area contributed by atoms with Gasteiger partial charge in [0.1, 0.15) is 11.5 Å². The van der Waals surface area contributed by atoms with E-state index in [1.165, 1.54) is 4.57 Å². The topological polar surface area (TPSA) is 84.1 Å². The summed E-state index contributed by atoms with van der Waals surface area (Å²) in [6, 6.07) is 9.56. The quantitative estimate of drug-likeness (QED) is 0.848. The molecule has 0 aliphatic carbocycles. The Morgan fingerprint density at radius 2 is 1.87 bits per heavy atom. The van der Waals surface area contributed by atoms with Gasteiger partial charge in [0.15, 0.2) is 0 Å². The van der Waals surface area contributed by atoms with E-state index in [1.54, 1.807) is 0 Å². The molecule has 1 aromatic heterocycles. The average molecular weight is 316 g/mol. The van der Waals surface area contributed by atoms with Crippen LogP contribution >= 0.6 is 0 Å². The zero-order valence-electron chi connectivity index (χ0n) is 13.9. The second-order valence-corrected chi connectivity index (χ2v) is 6.00. The van der Waals surface area contributed by atoms with Gasteiger partial charge in [-0.3, -0.25) is 14.3 Å². The minimum Gasteiger partial charge on any atom is -0.383 e. The fourth-order valence-electron chi connectivity index (χ4n) is 2.63. The van der Waals surface area contributed by atoms with Crippen LogP contribution in [0, 0.1) is 5.92 Å². The van der Waals surface area contributed by atoms with Crippen molar-refractivity contribution >= 4 is 11.5 Å². The Labute approximate surface area is 135 Å². The molecule has 124 valence electrons. The lowest BCUT2D eigenvalue weighted by atomic mass is 10.2. The van der Waals surface area contributed by atoms with Crippen LogP contribution in [0.4, 0.5) is 11.5 Å². The minimum atomic E-state index is -0.485. The molecule has 3 N–H and O–H groups in total. The molecule has 0 spiro atoms. The van der Waals surface area contributed by atoms with Crippen LogP contribution in [0.25, 0.3) is 0 Å². The number of hydrogen-bond acceptors (Lipinski definition) is 4. The van der Waals surface area contributed by atoms with Crippen LogP contribution in [0.1, 0.15) is 26.3 Å². The standard InChI is InChI=1S/C17H24N4O2/c1-4-20(10-12(2)3)14-15(18)21(17(23)19-16(14)22)11-13-8-6-5-7-9-13/h5-9,12H,4,10-11,18H2,1-3H3,(H,19,22,23). The molecule has 2 aromatic rings. The highest BCUT2D eigenvalue weighted by Gasteiger charge is 2.18. The Hall–Kier alpha value is -2.50. The number of nitrogen functional groups attached to an aromatic ring is 1. The summed E-state index contributed by atoms with van der Waals surface area (Å²) in [4.78, 5) is 28.7. The van der Waals surface area contributed by atoms with Gasteiger partial charge in [-0.25, -0.2) is 4.79 Å². The molecule has 0 atom stereocenters. The Morgan fingerprint density at radius 3 is 2.43 bits per heavy atom. The lowest BCUT2D eigenvalue weighted by Gasteiger charge is -2.26. The van der Waals surface area contributed by atoms with Gasteiger partial charge in [0, 0.05) is 13.1 Å². The van der Waals surface area contributed by atoms with Crippen molar-refractivity contribution in [2.24, 2.45) is 5.92 Å². The maximum absolute atomic E-state index is 12.3. The van der Waals surface area contributed by atoms with Crippen LogP contribution < -0.4 is 21.9 Å². The normalized spacial score (nSPS) is 11.0. The molecule has 2 rings (SSSR count). The van der Waals surface area contributed by atoms with E-state index in [9.17, 15) is 9.59 Å². The zero-order valence-corrected chi connectivity index (χ0v) is 13.9. The lowest BCUT2D eigenvalue weighted by molar-refractivity contribution is 0.612. The van der Waals surface area contributed by atoms with Crippen molar-refractivity contribution in [3.63, 3.8) is 0 Å². The van der Waals surface area contributed by atoms with E-state index in [4.69, 9.17) is 5.73 Å². The van der Waals surface area contributed by atoms with Crippen molar-refractivity contribution in [2.75, 3.05) is 23.7 Å². The maximum atomic E-state index is 12.3. The van der Waals surface area contributed by atoms with Gasteiger partial charge in [0.25, 0.3) is 5.56 Å². The number of nitrogens with two attached hydrogens (primary N) is 1. The highest BCUT2D eigenvalue weighted by Crippen LogP contribution is 2.18. The molecule has 0 radical (unpaired) electrons. The Balaban J connectivity index is 2.50. The van der Waals surface area contributed by atoms with Crippen LogP contribution in [0.5, 0.6) is 0 Å². The first kappa shape index (κ1) is 16.9. The molecular weight excluding hydrogens is 292 g/mol. The van der Waals surface area contributed by atoms with Crippen molar-refractivity contribution in [1.29, 1.82) is 0 Å². The minimum absolute atomic E-state index is 0.213. The first-order valence-corrected chi connectivity index (χ1v) is 7.85. The lowest BCUT2D eigenvalue weighted by Crippen LogP contribution is -2.39. The SMILES string of the molecule is CCN(CC(C)C)c1c(N)n(Cc2ccccc2)c(=O)[nH]c1=O. The number of aromatic nitrogens is 2. The molecule has 6 heteroatoms. The van der Waals surface area contributed by atoms with Crippen molar-refractivity contribution in [2.45, 2.75) is 27.3 Å². The molecular formula is C17H24N4O2. The van der Waals surface area contributed by atoms with Crippen LogP contribution in [0.2, 0.25) is 0 Å². The second-order valence-electron chi connectivity index (χ2n) is 6.00. The second kappa shape index (κ2) is 7.17. The van der Waals surface area contributed by atoms with Crippen LogP contribution in [0.3, 0.4) is 0 Å². The number of nitrogens with zero attached hydrogens (tertiary/aromatic N) is 2. The summed E-state index contributed by atoms with van der Waals surface area (Å²) < 4.78 is 1.41. The summed E-state index contributed by atoms with van der Waals surface area (Å²) in [5.74, 6) is 0.591. The van der Waals surface area contributed by atoms with Gasteiger partial charge in [0.05, 0.1) is 6.54 Å². The first-order valence-electron chi connectivity index (χ1n) is 7.85. The first-order chi connectivity index (χ1) is 10.9. The van der Waals surface area contributed by atoms with Gasteiger partial charge in [-0.05, 0) is 18.4 Å². The molecule has 0 saturated carbocycles. The summed E-state index contributed by atoms with van der Waals surface area (Å²) in [5, 5.41) is 0. The molecule has 0 unspecified atom stereocenters. The van der Waals surface area contributed by atoms with E-state index in [-0.39, 0.29) is 5.82 Å². The molecule has 1 heterocycles. The molecule has 1 aromatic carbocycles. The summed E-state index contributed by atoms with van der Waals surface area (Å²) in [6.07, 6.45) is 0. The summed E-state index contributed by atoms with van der Waals surface area (Å²) in [5.41, 5.74) is 6.59. The monoisotopic (exact) mass is 316 g/mol. The molecule has 0 amide bonds. The van der Waals surface area contributed by atoms with Crippen LogP contribution in [0.15, 0.2) is 39.9 Å². The number of H-pyrrole nitrogens is 1. The number of benzene rings is 1. The number of anilines is 2. The van der Waals surface area contributed by atoms with Gasteiger partial charge in [-0.15, -0.1) is 0 Å². The smallest absolute Gasteiger partial charge is 0.330 e. The van der Waals surface area contributed by atoms with Gasteiger partial charge in [0.2, 0.25) is 0 Å². The number of rotatable bonds is 6. The molecule has 0 fully saturated rings. The molecule has 0 aliphatic heterocycles. The van der Waals surface area contributed by atoms with Crippen molar-refractivity contribution in [1.82, 2.24) is 9.55 Å². The fourth-order valence-corrected chi connectivity index (χ4v) is 2.63. The van der Waals surface area contributed by atoms with Gasteiger partial charge < -0.3 is 10.6 Å². The van der Waals surface area contributed by atoms with Gasteiger partial charge in [-0.2, -0.15) is 0 Å². The number of nitrogens with one attached hydrogen (secondary N) is 1. The van der Waals surface area contributed by atoms with Gasteiger partial charge >= 0.3 is 5.69 Å². The highest BCUT2D eigenvalue weighted by molar-refractivity contribution is 5.62. The van der Waals surface area contributed by atoms with E-state index in [0.29, 0.717) is 31.2 Å². The molecule has 0 saturated heterocycles. The van der Waals surface area contributed by atoms with Crippen molar-refractivity contribution in [3.05, 3.63) is 56.7 Å². The van der Waals surface area contributed by atoms with Crippen molar-refractivity contribution < 1.29 is 0 Å². The summed E-state index contributed by atoms with van der Waals surface area (Å²) in [7, 11) is 0. The number of aromatic amines is 1. The molecule has 0 bridgehead atoms. The van der Waals surface area contributed by atoms with E-state index < -0.39 is 11.2 Å². The predicted octanol–water partition coefficient (Wildman–Crippen LogP) is 1.65. The Morgan fingerprint density at radius 1 is 1.22 bits per heavy atom. The van der Waals surface area contributed by atoms with Crippen LogP contribution in [-0.4, -0.2) is 22.6 Å². The van der Waals surface area contributed by atoms with Crippen molar-refractivity contribution in [3.8, 4) is 0 Å². The fraction of sp³-hybridized carbons (Fsp3) is 0.412. The van der Waals surface area contributed by atoms with E-state index in [0.717, 1.165) is 5.56 Å². The third-order valence-electron chi connectivity index (χ3n) is 3.68. The van der Waals surface area contributed by atoms with Crippen LogP contribution in [-0.2, 0) is 6.54 Å². The highest BCUT2D eigenvalue weighted by atomic mass is 16.2. The zero-order chi connectivity index (χ0) is 17.0. The van der Waals surface area contributed by atoms with Gasteiger partial charge in [-0.1, -0.05) is 44.2 Å². The largest absolute Gasteiger partial charge is 0.383 e. The third kappa shape index (κ3) is 3.83. The predicted molar refractivity (Wildman–Crippen MR) is 94.0 cm³/mol. The third-order valence-corrected chi connectivity index (χ3v) is 3.68. The molecule has 6 nitrogen and oxygen atoms in total. The average Bonchev–Trinajstić information content (AvgIpc) is 2.51. The summed E-state index contributed by atoms with van der Waals surface area (Å²) >= 11 is 0. The van der Waals surface area contributed by atoms with E-state index >= 15 is 0 Å². The molecule has 23 heavy (non-hydrogen) atoms. The molecule has 0 aliphatic rings. The Kier molecular flexibility index (Phi) is 5.26. The summed E-state index contributed by atoms with van der Waals surface area (Å²) in [6.45, 7) is 7.80. The number of hydrogen-bond donors (Lipinski definition) is 2. The Bertz CT molecular complexity index is 762.